The molecule has 0 spiro atoms. The predicted octanol–water partition coefficient (Wildman–Crippen LogP) is 10.5. The maximum atomic E-state index is 3.73. The zero-order valence-corrected chi connectivity index (χ0v) is 25.5. The average molecular weight is 530 g/mol. The van der Waals surface area contributed by atoms with Gasteiger partial charge in [-0.2, -0.15) is 0 Å². The Morgan fingerprint density at radius 3 is 1.79 bits per heavy atom. The van der Waals surface area contributed by atoms with E-state index in [1.165, 1.54) is 113 Å². The Morgan fingerprint density at radius 2 is 1.21 bits per heavy atom. The molecule has 3 rings (SSSR count). The van der Waals surface area contributed by atoms with E-state index in [1.54, 1.807) is 0 Å². The molecule has 0 bridgehead atoms. The fraction of sp³-hybridized carbons (Fsp3) is 0.595. The highest BCUT2D eigenvalue weighted by Gasteiger charge is 2.41. The van der Waals surface area contributed by atoms with E-state index in [9.17, 15) is 0 Å². The first-order valence-corrected chi connectivity index (χ1v) is 16.3. The molecular weight excluding hydrogens is 472 g/mol. The molecular formula is C37H57N2+. The van der Waals surface area contributed by atoms with Gasteiger partial charge in [0, 0.05) is 5.41 Å². The second-order valence-electron chi connectivity index (χ2n) is 12.1. The summed E-state index contributed by atoms with van der Waals surface area (Å²) in [6.45, 7) is 8.21. The van der Waals surface area contributed by atoms with Gasteiger partial charge in [-0.15, -0.1) is 0 Å². The van der Waals surface area contributed by atoms with Gasteiger partial charge < -0.3 is 0 Å². The van der Waals surface area contributed by atoms with Crippen molar-refractivity contribution in [2.45, 2.75) is 141 Å². The number of unbranched alkanes of at least 4 members (excludes halogenated alkanes) is 12. The molecule has 1 aromatic heterocycles. The Kier molecular flexibility index (Phi) is 14.5. The van der Waals surface area contributed by atoms with E-state index >= 15 is 0 Å². The second kappa shape index (κ2) is 18.1. The van der Waals surface area contributed by atoms with E-state index in [2.05, 4.69) is 103 Å². The summed E-state index contributed by atoms with van der Waals surface area (Å²) in [6.07, 6.45) is 25.9. The summed E-state index contributed by atoms with van der Waals surface area (Å²) in [5.41, 5.74) is 2.89. The fourth-order valence-corrected chi connectivity index (χ4v) is 6.41. The van der Waals surface area contributed by atoms with Crippen molar-refractivity contribution in [1.82, 2.24) is 4.98 Å². The summed E-state index contributed by atoms with van der Waals surface area (Å²) in [5, 5.41) is 0. The van der Waals surface area contributed by atoms with Crippen LogP contribution in [-0.2, 0) is 18.4 Å². The van der Waals surface area contributed by atoms with E-state index < -0.39 is 0 Å². The average Bonchev–Trinajstić information content (AvgIpc) is 3.43. The summed E-state index contributed by atoms with van der Waals surface area (Å²) in [5.74, 6) is 1.85. The molecule has 0 amide bonds. The smallest absolute Gasteiger partial charge is 0.247 e. The molecule has 0 radical (unpaired) electrons. The van der Waals surface area contributed by atoms with Gasteiger partial charge in [0.25, 0.3) is 5.82 Å². The molecule has 214 valence electrons. The van der Waals surface area contributed by atoms with Crippen molar-refractivity contribution in [3.05, 3.63) is 90.0 Å². The van der Waals surface area contributed by atoms with Crippen molar-refractivity contribution in [3.63, 3.8) is 0 Å². The number of hydrogen-bond acceptors (Lipinski definition) is 0. The lowest BCUT2D eigenvalue weighted by atomic mass is 9.66. The van der Waals surface area contributed by atoms with Crippen molar-refractivity contribution < 1.29 is 4.57 Å². The van der Waals surface area contributed by atoms with Crippen LogP contribution in [0.15, 0.2) is 73.1 Å². The Hall–Kier alpha value is -2.35. The summed E-state index contributed by atoms with van der Waals surface area (Å²) in [7, 11) is 0. The molecule has 1 N–H and O–H groups in total. The first kappa shape index (κ1) is 31.2. The summed E-state index contributed by atoms with van der Waals surface area (Å²) in [4.78, 5) is 3.73. The van der Waals surface area contributed by atoms with Crippen LogP contribution in [0.5, 0.6) is 0 Å². The van der Waals surface area contributed by atoms with Gasteiger partial charge in [0.05, 0.1) is 12.5 Å². The number of H-pyrrole nitrogens is 1. The largest absolute Gasteiger partial charge is 0.258 e. The van der Waals surface area contributed by atoms with Crippen LogP contribution in [0, 0.1) is 0 Å². The van der Waals surface area contributed by atoms with Gasteiger partial charge in [-0.3, -0.25) is 0 Å². The van der Waals surface area contributed by atoms with Crippen molar-refractivity contribution in [1.29, 1.82) is 0 Å². The van der Waals surface area contributed by atoms with E-state index in [4.69, 9.17) is 0 Å². The molecule has 0 aliphatic carbocycles. The van der Waals surface area contributed by atoms with Crippen molar-refractivity contribution >= 4 is 0 Å². The second-order valence-corrected chi connectivity index (χ2v) is 12.1. The SMILES string of the molecule is CCCCCCCCCCCCCCC(c1[nH]cc[n+]1CCCC)C(C)(Cc1ccccc1)c1ccccc1. The molecule has 0 saturated heterocycles. The quantitative estimate of drug-likeness (QED) is 0.105. The maximum Gasteiger partial charge on any atom is 0.258 e. The standard InChI is InChI=1S/C37H56N2/c1-4-6-8-9-10-11-12-13-14-15-16-23-28-35(36-38-29-31-39(36)30-7-5-2)37(3,34-26-21-18-22-27-34)32-33-24-19-17-20-25-33/h17-22,24-27,29,31,35H,4-16,23,28,30,32H2,1-3H3/p+1. The Bertz CT molecular complexity index is 993. The van der Waals surface area contributed by atoms with Crippen LogP contribution >= 0.6 is 0 Å². The van der Waals surface area contributed by atoms with Crippen molar-refractivity contribution in [3.8, 4) is 0 Å². The molecule has 0 aliphatic rings. The van der Waals surface area contributed by atoms with E-state index in [0.29, 0.717) is 5.92 Å². The normalized spacial score (nSPS) is 13.8. The molecule has 0 saturated carbocycles. The Labute approximate surface area is 240 Å². The minimum Gasteiger partial charge on any atom is -0.247 e. The van der Waals surface area contributed by atoms with E-state index in [0.717, 1.165) is 13.0 Å². The third-order valence-corrected chi connectivity index (χ3v) is 8.84. The van der Waals surface area contributed by atoms with Crippen molar-refractivity contribution in [2.75, 3.05) is 0 Å². The number of imidazole rings is 1. The monoisotopic (exact) mass is 529 g/mol. The molecule has 0 aliphatic heterocycles. The Balaban J connectivity index is 1.67. The molecule has 2 heteroatoms. The minimum absolute atomic E-state index is 0.0131. The molecule has 2 aromatic carbocycles. The van der Waals surface area contributed by atoms with Crippen LogP contribution in [0.25, 0.3) is 0 Å². The van der Waals surface area contributed by atoms with Crippen LogP contribution in [0.1, 0.15) is 140 Å². The molecule has 1 heterocycles. The predicted molar refractivity (Wildman–Crippen MR) is 168 cm³/mol. The molecule has 2 atom stereocenters. The van der Waals surface area contributed by atoms with Crippen LogP contribution in [-0.4, -0.2) is 4.98 Å². The molecule has 2 unspecified atom stereocenters. The van der Waals surface area contributed by atoms with E-state index in [1.807, 2.05) is 0 Å². The van der Waals surface area contributed by atoms with Gasteiger partial charge >= 0.3 is 0 Å². The number of rotatable bonds is 21. The third-order valence-electron chi connectivity index (χ3n) is 8.84. The first-order valence-electron chi connectivity index (χ1n) is 16.3. The highest BCUT2D eigenvalue weighted by atomic mass is 15.1. The maximum absolute atomic E-state index is 3.73. The highest BCUT2D eigenvalue weighted by Crippen LogP contribution is 2.43. The number of nitrogens with one attached hydrogen (secondary N) is 1. The van der Waals surface area contributed by atoms with Gasteiger partial charge in [0.2, 0.25) is 0 Å². The Morgan fingerprint density at radius 1 is 0.667 bits per heavy atom. The molecule has 3 aromatic rings. The van der Waals surface area contributed by atoms with Crippen molar-refractivity contribution in [2.24, 2.45) is 0 Å². The summed E-state index contributed by atoms with van der Waals surface area (Å²) in [6, 6.07) is 22.4. The zero-order valence-electron chi connectivity index (χ0n) is 25.5. The highest BCUT2D eigenvalue weighted by molar-refractivity contribution is 5.32. The lowest BCUT2D eigenvalue weighted by molar-refractivity contribution is -0.705. The molecule has 0 fully saturated rings. The zero-order chi connectivity index (χ0) is 27.6. The summed E-state index contributed by atoms with van der Waals surface area (Å²) >= 11 is 0. The molecule has 39 heavy (non-hydrogen) atoms. The minimum atomic E-state index is 0.0131. The number of aryl methyl sites for hydroxylation is 1. The summed E-state index contributed by atoms with van der Waals surface area (Å²) < 4.78 is 2.51. The van der Waals surface area contributed by atoms with Gasteiger partial charge in [-0.1, -0.05) is 165 Å². The fourth-order valence-electron chi connectivity index (χ4n) is 6.41. The number of aromatic amines is 1. The lowest BCUT2D eigenvalue weighted by Gasteiger charge is -2.37. The number of hydrogen-bond donors (Lipinski definition) is 1. The lowest BCUT2D eigenvalue weighted by Crippen LogP contribution is -2.43. The van der Waals surface area contributed by atoms with Crippen LogP contribution < -0.4 is 4.57 Å². The number of aromatic nitrogens is 2. The number of nitrogens with zero attached hydrogens (tertiary/aromatic N) is 1. The van der Waals surface area contributed by atoms with E-state index in [-0.39, 0.29) is 5.41 Å². The van der Waals surface area contributed by atoms with Gasteiger partial charge in [-0.05, 0) is 30.4 Å². The van der Waals surface area contributed by atoms with Crippen LogP contribution in [0.4, 0.5) is 0 Å². The van der Waals surface area contributed by atoms with Gasteiger partial charge in [0.15, 0.2) is 0 Å². The number of benzene rings is 2. The first-order chi connectivity index (χ1) is 19.2. The van der Waals surface area contributed by atoms with Crippen LogP contribution in [0.3, 0.4) is 0 Å². The molecule has 2 nitrogen and oxygen atoms in total. The van der Waals surface area contributed by atoms with Gasteiger partial charge in [0.1, 0.15) is 12.4 Å². The third kappa shape index (κ3) is 10.3. The van der Waals surface area contributed by atoms with Gasteiger partial charge in [-0.25, -0.2) is 9.55 Å². The topological polar surface area (TPSA) is 19.7 Å². The van der Waals surface area contributed by atoms with Crippen LogP contribution in [0.2, 0.25) is 0 Å².